The number of aliphatic imine (C=N–C) groups is 1. The summed E-state index contributed by atoms with van der Waals surface area (Å²) in [6, 6.07) is 4.14. The fraction of sp³-hybridized carbons (Fsp3) is 0.308. The number of hydrogen-bond donors (Lipinski definition) is 2. The molecule has 0 aliphatic heterocycles. The Balaban J connectivity index is 2.22. The van der Waals surface area contributed by atoms with E-state index in [2.05, 4.69) is 35.9 Å². The van der Waals surface area contributed by atoms with Gasteiger partial charge in [0.15, 0.2) is 5.84 Å². The third-order valence-electron chi connectivity index (χ3n) is 2.71. The summed E-state index contributed by atoms with van der Waals surface area (Å²) in [5.74, 6) is -0.365. The third-order valence-corrected chi connectivity index (χ3v) is 3.32. The topological polar surface area (TPSA) is 96.0 Å². The van der Waals surface area contributed by atoms with E-state index in [9.17, 15) is 9.60 Å². The van der Waals surface area contributed by atoms with Crippen molar-refractivity contribution in [3.05, 3.63) is 34.2 Å². The summed E-state index contributed by atoms with van der Waals surface area (Å²) in [5.41, 5.74) is 2.40. The van der Waals surface area contributed by atoms with Crippen molar-refractivity contribution < 1.29 is 19.0 Å². The van der Waals surface area contributed by atoms with E-state index in [0.29, 0.717) is 18.8 Å². The van der Waals surface area contributed by atoms with Crippen LogP contribution in [0.25, 0.3) is 0 Å². The highest BCUT2D eigenvalue weighted by molar-refractivity contribution is 9.10. The van der Waals surface area contributed by atoms with E-state index in [-0.39, 0.29) is 21.9 Å². The minimum atomic E-state index is -0.418. The Labute approximate surface area is 140 Å². The van der Waals surface area contributed by atoms with Crippen LogP contribution < -0.4 is 10.2 Å². The predicted molar refractivity (Wildman–Crippen MR) is 83.6 cm³/mol. The lowest BCUT2D eigenvalue weighted by Gasteiger charge is -2.09. The van der Waals surface area contributed by atoms with Crippen LogP contribution in [0.5, 0.6) is 5.88 Å². The second-order valence-corrected chi connectivity index (χ2v) is 5.59. The quantitative estimate of drug-likeness (QED) is 0.444. The van der Waals surface area contributed by atoms with Crippen molar-refractivity contribution in [3.63, 3.8) is 0 Å². The Hall–Kier alpha value is -2.04. The van der Waals surface area contributed by atoms with Crippen molar-refractivity contribution >= 4 is 27.5 Å². The molecule has 1 aromatic carbocycles. The van der Waals surface area contributed by atoms with Gasteiger partial charge in [-0.3, -0.25) is 10.7 Å². The van der Waals surface area contributed by atoms with Gasteiger partial charge in [0.05, 0.1) is 10.2 Å². The molecule has 2 rings (SSSR count). The fourth-order valence-corrected chi connectivity index (χ4v) is 1.93. The number of nitrogens with zero attached hydrogens (tertiary/aromatic N) is 4. The molecule has 1 aromatic heterocycles. The minimum absolute atomic E-state index is 0.0374. The normalized spacial score (nSPS) is 11.8. The van der Waals surface area contributed by atoms with E-state index in [1.807, 2.05) is 24.5 Å². The molecule has 0 saturated heterocycles. The average Bonchev–Trinajstić information content (AvgIpc) is 2.96. The van der Waals surface area contributed by atoms with Crippen molar-refractivity contribution in [3.8, 4) is 5.88 Å². The van der Waals surface area contributed by atoms with Gasteiger partial charge in [0, 0.05) is 6.54 Å². The van der Waals surface area contributed by atoms with Crippen LogP contribution in [-0.2, 0) is 0 Å². The molecule has 0 radical (unpaired) electrons. The molecule has 2 aromatic rings. The second kappa shape index (κ2) is 7.99. The summed E-state index contributed by atoms with van der Waals surface area (Å²) in [4.78, 5) is 6.06. The molecule has 0 atom stereocenters. The van der Waals surface area contributed by atoms with Crippen LogP contribution in [0.1, 0.15) is 5.69 Å². The zero-order valence-electron chi connectivity index (χ0n) is 12.5. The van der Waals surface area contributed by atoms with Crippen LogP contribution in [0.15, 0.2) is 32.3 Å². The molecule has 2 N–H and O–H groups in total. The number of nitrogens with one attached hydrogen (secondary N) is 1. The lowest BCUT2D eigenvalue weighted by molar-refractivity contribution is 0.229. The third kappa shape index (κ3) is 4.71. The summed E-state index contributed by atoms with van der Waals surface area (Å²) in [6.45, 7) is 1.02. The van der Waals surface area contributed by atoms with Crippen LogP contribution in [0.4, 0.5) is 10.1 Å². The molecule has 0 amide bonds. The first-order valence-corrected chi connectivity index (χ1v) is 7.35. The average molecular weight is 388 g/mol. The molecule has 0 saturated carbocycles. The van der Waals surface area contributed by atoms with Gasteiger partial charge < -0.3 is 9.64 Å². The highest BCUT2D eigenvalue weighted by Gasteiger charge is 2.18. The van der Waals surface area contributed by atoms with Gasteiger partial charge in [-0.1, -0.05) is 0 Å². The Morgan fingerprint density at radius 2 is 2.26 bits per heavy atom. The summed E-state index contributed by atoms with van der Waals surface area (Å²) in [6.07, 6.45) is 0. The van der Waals surface area contributed by atoms with Gasteiger partial charge in [-0.2, -0.15) is 0 Å². The van der Waals surface area contributed by atoms with Gasteiger partial charge in [-0.25, -0.2) is 14.0 Å². The number of aromatic nitrogens is 2. The molecule has 0 aliphatic rings. The highest BCUT2D eigenvalue weighted by atomic mass is 79.9. The van der Waals surface area contributed by atoms with Gasteiger partial charge in [0.1, 0.15) is 12.4 Å². The van der Waals surface area contributed by atoms with Crippen molar-refractivity contribution in [1.29, 1.82) is 0 Å². The van der Waals surface area contributed by atoms with Gasteiger partial charge in [0.25, 0.3) is 5.88 Å². The number of hydroxylamine groups is 1. The number of rotatable bonds is 6. The molecule has 0 aliphatic carbocycles. The van der Waals surface area contributed by atoms with Crippen LogP contribution in [0, 0.1) is 5.82 Å². The van der Waals surface area contributed by atoms with Gasteiger partial charge in [0.2, 0.25) is 5.69 Å². The van der Waals surface area contributed by atoms with Crippen LogP contribution >= 0.6 is 15.9 Å². The maximum atomic E-state index is 13.2. The number of likely N-dealkylation sites (N-methyl/N-ethyl adjacent to an activating group) is 1. The number of hydrogen-bond acceptors (Lipinski definition) is 7. The number of halogens is 2. The molecular weight excluding hydrogens is 373 g/mol. The molecule has 0 spiro atoms. The van der Waals surface area contributed by atoms with Gasteiger partial charge in [-0.05, 0) is 58.5 Å². The fourth-order valence-electron chi connectivity index (χ4n) is 1.56. The zero-order valence-corrected chi connectivity index (χ0v) is 14.0. The SMILES string of the molecule is CN(C)CCOc1nonc1C(=Nc1ccc(F)c(Br)c1)NO. The van der Waals surface area contributed by atoms with Gasteiger partial charge >= 0.3 is 0 Å². The zero-order chi connectivity index (χ0) is 16.8. The van der Waals surface area contributed by atoms with Crippen molar-refractivity contribution in [1.82, 2.24) is 20.7 Å². The standard InChI is InChI=1S/C13H15BrFN5O3/c1-20(2)5-6-22-13-11(18-23-19-13)12(17-21)16-8-3-4-10(15)9(14)7-8/h3-4,7,21H,5-6H2,1-2H3,(H,16,17). The summed E-state index contributed by atoms with van der Waals surface area (Å²) in [7, 11) is 3.81. The minimum Gasteiger partial charge on any atom is -0.472 e. The van der Waals surface area contributed by atoms with E-state index in [0.717, 1.165) is 0 Å². The molecule has 124 valence electrons. The molecule has 0 fully saturated rings. The molecule has 10 heteroatoms. The van der Waals surface area contributed by atoms with Crippen LogP contribution in [-0.4, -0.2) is 53.5 Å². The first-order valence-electron chi connectivity index (χ1n) is 6.55. The van der Waals surface area contributed by atoms with Crippen LogP contribution in [0.2, 0.25) is 0 Å². The van der Waals surface area contributed by atoms with E-state index >= 15 is 0 Å². The predicted octanol–water partition coefficient (Wildman–Crippen LogP) is 1.97. The summed E-state index contributed by atoms with van der Waals surface area (Å²) >= 11 is 3.07. The smallest absolute Gasteiger partial charge is 0.287 e. The molecule has 1 heterocycles. The molecular formula is C13H15BrFN5O3. The molecule has 0 unspecified atom stereocenters. The first-order chi connectivity index (χ1) is 11.0. The Kier molecular flexibility index (Phi) is 6.02. The highest BCUT2D eigenvalue weighted by Crippen LogP contribution is 2.23. The van der Waals surface area contributed by atoms with E-state index in [1.165, 1.54) is 18.2 Å². The molecule has 8 nitrogen and oxygen atoms in total. The number of benzene rings is 1. The number of amidine groups is 1. The first kappa shape index (κ1) is 17.3. The van der Waals surface area contributed by atoms with E-state index in [4.69, 9.17) is 4.74 Å². The second-order valence-electron chi connectivity index (χ2n) is 4.74. The maximum Gasteiger partial charge on any atom is 0.287 e. The molecule has 23 heavy (non-hydrogen) atoms. The van der Waals surface area contributed by atoms with Crippen molar-refractivity contribution in [2.75, 3.05) is 27.2 Å². The Bertz CT molecular complexity index is 692. The lowest BCUT2D eigenvalue weighted by atomic mass is 10.3. The molecule has 0 bridgehead atoms. The largest absolute Gasteiger partial charge is 0.472 e. The Morgan fingerprint density at radius 3 is 2.91 bits per heavy atom. The summed E-state index contributed by atoms with van der Waals surface area (Å²) in [5, 5.41) is 16.6. The van der Waals surface area contributed by atoms with E-state index in [1.54, 1.807) is 0 Å². The van der Waals surface area contributed by atoms with Crippen LogP contribution in [0.3, 0.4) is 0 Å². The lowest BCUT2D eigenvalue weighted by Crippen LogP contribution is -2.23. The number of ether oxygens (including phenoxy) is 1. The monoisotopic (exact) mass is 387 g/mol. The Morgan fingerprint density at radius 1 is 1.48 bits per heavy atom. The van der Waals surface area contributed by atoms with Gasteiger partial charge in [-0.15, -0.1) is 0 Å². The van der Waals surface area contributed by atoms with Crippen molar-refractivity contribution in [2.45, 2.75) is 0 Å². The van der Waals surface area contributed by atoms with E-state index < -0.39 is 5.82 Å². The maximum absolute atomic E-state index is 13.2. The van der Waals surface area contributed by atoms with Crippen molar-refractivity contribution in [2.24, 2.45) is 4.99 Å². The summed E-state index contributed by atoms with van der Waals surface area (Å²) < 4.78 is 23.6.